The molecule has 4 aromatic rings. The van der Waals surface area contributed by atoms with E-state index < -0.39 is 0 Å². The van der Waals surface area contributed by atoms with Crippen molar-refractivity contribution in [2.45, 2.75) is 49.5 Å². The molecule has 0 saturated heterocycles. The van der Waals surface area contributed by atoms with Crippen LogP contribution < -0.4 is 11.1 Å². The van der Waals surface area contributed by atoms with Crippen LogP contribution in [0.2, 0.25) is 0 Å². The largest absolute Gasteiger partial charge is 0.398 e. The summed E-state index contributed by atoms with van der Waals surface area (Å²) in [4.78, 5) is 2.34. The van der Waals surface area contributed by atoms with Crippen molar-refractivity contribution in [3.8, 4) is 0 Å². The molecule has 1 heterocycles. The van der Waals surface area contributed by atoms with Gasteiger partial charge in [0.05, 0.1) is 0 Å². The zero-order chi connectivity index (χ0) is 26.8. The number of nitrogens with one attached hydrogen (secondary N) is 1. The quantitative estimate of drug-likeness (QED) is 0.221. The van der Waals surface area contributed by atoms with Gasteiger partial charge in [0.25, 0.3) is 0 Å². The van der Waals surface area contributed by atoms with Gasteiger partial charge in [0, 0.05) is 36.0 Å². The minimum atomic E-state index is 0.263. The molecule has 3 aliphatic carbocycles. The standard InChI is InChI=1S/C20H23N.C16H18N2/c1-21-14-6-12-20-13-11-15(16-7-2-4-9-18(16)20)17-8-3-5-10-19(17)20;1-18-10-14(12-6-3-2-4-7-12)13-8-5-9-16(17)15(13)11-18/h2-5,7-10,15,21H,6,11-14H2,1H3;2-9,14H,10-11,17H2,1H3. The second kappa shape index (κ2) is 11.0. The van der Waals surface area contributed by atoms with Gasteiger partial charge in [-0.1, -0.05) is 91.0 Å². The van der Waals surface area contributed by atoms with Gasteiger partial charge in [-0.2, -0.15) is 0 Å². The molecule has 0 fully saturated rings. The summed E-state index contributed by atoms with van der Waals surface area (Å²) in [5, 5.41) is 3.31. The Balaban J connectivity index is 0.000000144. The van der Waals surface area contributed by atoms with Gasteiger partial charge in [-0.15, -0.1) is 0 Å². The average Bonchev–Trinajstić information content (AvgIpc) is 2.99. The molecule has 3 heteroatoms. The molecule has 0 amide bonds. The average molecular weight is 516 g/mol. The smallest absolute Gasteiger partial charge is 0.0362 e. The maximum atomic E-state index is 6.12. The maximum absolute atomic E-state index is 6.12. The van der Waals surface area contributed by atoms with Gasteiger partial charge >= 0.3 is 0 Å². The van der Waals surface area contributed by atoms with Crippen molar-refractivity contribution in [2.24, 2.45) is 0 Å². The van der Waals surface area contributed by atoms with Crippen molar-refractivity contribution >= 4 is 5.69 Å². The number of fused-ring (bicyclic) bond motifs is 2. The number of nitrogens with two attached hydrogens (primary N) is 1. The topological polar surface area (TPSA) is 41.3 Å². The number of anilines is 1. The molecule has 2 bridgehead atoms. The summed E-state index contributed by atoms with van der Waals surface area (Å²) in [7, 11) is 4.21. The van der Waals surface area contributed by atoms with E-state index in [0.717, 1.165) is 25.3 Å². The molecule has 8 rings (SSSR count). The predicted molar refractivity (Wildman–Crippen MR) is 163 cm³/mol. The summed E-state index contributed by atoms with van der Waals surface area (Å²) in [6, 6.07) is 35.3. The van der Waals surface area contributed by atoms with Crippen LogP contribution in [0.15, 0.2) is 97.1 Å². The third kappa shape index (κ3) is 4.68. The van der Waals surface area contributed by atoms with Gasteiger partial charge in [-0.05, 0) is 91.3 Å². The first kappa shape index (κ1) is 25.9. The van der Waals surface area contributed by atoms with Gasteiger partial charge < -0.3 is 16.0 Å². The van der Waals surface area contributed by atoms with Crippen LogP contribution in [0.5, 0.6) is 0 Å². The first-order chi connectivity index (χ1) is 19.1. The lowest BCUT2D eigenvalue weighted by Gasteiger charge is -2.50. The fourth-order valence-corrected chi connectivity index (χ4v) is 7.57. The summed E-state index contributed by atoms with van der Waals surface area (Å²) in [5.74, 6) is 1.06. The third-order valence-electron chi connectivity index (χ3n) is 9.34. The SMILES string of the molecule is CN1Cc2c(N)cccc2C(c2ccccc2)C1.CNCCCC12CCC(c3ccccc31)c1ccccc12. The number of rotatable bonds is 5. The van der Waals surface area contributed by atoms with Crippen LogP contribution in [-0.4, -0.2) is 32.1 Å². The van der Waals surface area contributed by atoms with Gasteiger partial charge in [0.2, 0.25) is 0 Å². The molecule has 3 N–H and O–H groups in total. The first-order valence-corrected chi connectivity index (χ1v) is 14.6. The lowest BCUT2D eigenvalue weighted by atomic mass is 9.54. The van der Waals surface area contributed by atoms with Gasteiger partial charge in [-0.3, -0.25) is 0 Å². The lowest BCUT2D eigenvalue weighted by Crippen LogP contribution is -2.40. The van der Waals surface area contributed by atoms with Crippen molar-refractivity contribution in [1.82, 2.24) is 10.2 Å². The summed E-state index contributed by atoms with van der Waals surface area (Å²) in [6.45, 7) is 3.11. The number of hydrogen-bond acceptors (Lipinski definition) is 3. The van der Waals surface area contributed by atoms with Gasteiger partial charge in [-0.25, -0.2) is 0 Å². The molecule has 4 aromatic carbocycles. The van der Waals surface area contributed by atoms with E-state index in [1.807, 2.05) is 6.07 Å². The van der Waals surface area contributed by atoms with Crippen molar-refractivity contribution in [3.63, 3.8) is 0 Å². The fraction of sp³-hybridized carbons (Fsp3) is 0.333. The molecule has 200 valence electrons. The number of likely N-dealkylation sites (N-methyl/N-ethyl adjacent to an activating group) is 1. The zero-order valence-corrected chi connectivity index (χ0v) is 23.4. The molecule has 0 saturated carbocycles. The van der Waals surface area contributed by atoms with Gasteiger partial charge in [0.1, 0.15) is 0 Å². The van der Waals surface area contributed by atoms with Crippen molar-refractivity contribution in [1.29, 1.82) is 0 Å². The normalized spacial score (nSPS) is 22.7. The Labute approximate surface area is 234 Å². The Morgan fingerprint density at radius 3 is 2.13 bits per heavy atom. The highest BCUT2D eigenvalue weighted by Gasteiger charge is 2.47. The molecule has 0 spiro atoms. The number of nitrogen functional groups attached to an aromatic ring is 1. The Bertz CT molecular complexity index is 1380. The Hall–Kier alpha value is -3.40. The van der Waals surface area contributed by atoms with Gasteiger partial charge in [0.15, 0.2) is 0 Å². The molecule has 1 atom stereocenters. The predicted octanol–water partition coefficient (Wildman–Crippen LogP) is 7.06. The minimum absolute atomic E-state index is 0.263. The molecule has 4 aliphatic rings. The summed E-state index contributed by atoms with van der Waals surface area (Å²) >= 11 is 0. The van der Waals surface area contributed by atoms with Crippen LogP contribution in [0, 0.1) is 0 Å². The summed E-state index contributed by atoms with van der Waals surface area (Å²) in [6.07, 6.45) is 5.13. The highest BCUT2D eigenvalue weighted by Crippen LogP contribution is 2.57. The number of benzene rings is 4. The van der Waals surface area contributed by atoms with E-state index in [1.165, 1.54) is 42.4 Å². The molecule has 0 aromatic heterocycles. The van der Waals surface area contributed by atoms with Crippen molar-refractivity contribution in [2.75, 3.05) is 32.9 Å². The van der Waals surface area contributed by atoms with E-state index >= 15 is 0 Å². The van der Waals surface area contributed by atoms with Crippen LogP contribution in [0.1, 0.15) is 76.5 Å². The zero-order valence-electron chi connectivity index (χ0n) is 23.4. The van der Waals surface area contributed by atoms with Crippen molar-refractivity contribution < 1.29 is 0 Å². The molecule has 1 unspecified atom stereocenters. The minimum Gasteiger partial charge on any atom is -0.398 e. The van der Waals surface area contributed by atoms with Crippen LogP contribution in [0.3, 0.4) is 0 Å². The third-order valence-corrected chi connectivity index (χ3v) is 9.34. The summed E-state index contributed by atoms with van der Waals surface area (Å²) < 4.78 is 0. The molecule has 3 nitrogen and oxygen atoms in total. The van der Waals surface area contributed by atoms with Crippen LogP contribution in [-0.2, 0) is 12.0 Å². The van der Waals surface area contributed by atoms with Crippen LogP contribution in [0.25, 0.3) is 0 Å². The van der Waals surface area contributed by atoms with Crippen LogP contribution >= 0.6 is 0 Å². The van der Waals surface area contributed by atoms with Crippen LogP contribution in [0.4, 0.5) is 5.69 Å². The number of nitrogens with zero attached hydrogens (tertiary/aromatic N) is 1. The van der Waals surface area contributed by atoms with E-state index in [4.69, 9.17) is 5.73 Å². The highest BCUT2D eigenvalue weighted by molar-refractivity contribution is 5.59. The summed E-state index contributed by atoms with van der Waals surface area (Å²) in [5.41, 5.74) is 17.7. The molecular weight excluding hydrogens is 474 g/mol. The van der Waals surface area contributed by atoms with E-state index in [-0.39, 0.29) is 5.41 Å². The first-order valence-electron chi connectivity index (χ1n) is 14.6. The molecule has 0 radical (unpaired) electrons. The second-order valence-corrected chi connectivity index (χ2v) is 11.6. The van der Waals surface area contributed by atoms with E-state index in [0.29, 0.717) is 11.8 Å². The second-order valence-electron chi connectivity index (χ2n) is 11.6. The number of hydrogen-bond donors (Lipinski definition) is 2. The van der Waals surface area contributed by atoms with E-state index in [9.17, 15) is 0 Å². The monoisotopic (exact) mass is 515 g/mol. The fourth-order valence-electron chi connectivity index (χ4n) is 7.57. The molecule has 39 heavy (non-hydrogen) atoms. The van der Waals surface area contributed by atoms with Crippen molar-refractivity contribution in [3.05, 3.63) is 136 Å². The molecule has 1 aliphatic heterocycles. The Morgan fingerprint density at radius 2 is 1.44 bits per heavy atom. The Kier molecular flexibility index (Phi) is 7.29. The van der Waals surface area contributed by atoms with E-state index in [1.54, 1.807) is 22.3 Å². The molecular formula is C36H41N3. The highest BCUT2D eigenvalue weighted by atomic mass is 15.1. The lowest BCUT2D eigenvalue weighted by molar-refractivity contribution is 0.296. The Morgan fingerprint density at radius 1 is 0.795 bits per heavy atom. The maximum Gasteiger partial charge on any atom is 0.0362 e. The van der Waals surface area contributed by atoms with E-state index in [2.05, 4.69) is 115 Å².